The zero-order chi connectivity index (χ0) is 21.1. The first-order valence-electron chi connectivity index (χ1n) is 7.88. The Kier molecular flexibility index (Phi) is 6.44. The molecule has 0 saturated carbocycles. The first-order chi connectivity index (χ1) is 13.0. The van der Waals surface area contributed by atoms with Crippen molar-refractivity contribution in [3.63, 3.8) is 0 Å². The predicted octanol–water partition coefficient (Wildman–Crippen LogP) is 3.82. The number of benzene rings is 1. The molecule has 1 aromatic carbocycles. The third-order valence-electron chi connectivity index (χ3n) is 3.64. The van der Waals surface area contributed by atoms with E-state index >= 15 is 0 Å². The zero-order valence-electron chi connectivity index (χ0n) is 14.9. The minimum atomic E-state index is -4.87. The Morgan fingerprint density at radius 3 is 2.71 bits per heavy atom. The van der Waals surface area contributed by atoms with Gasteiger partial charge in [-0.05, 0) is 19.9 Å². The standard InChI is InChI=1S/C16H16F3N5O3S/c1-4-7-23-10(3)21-22-15(23)28-9(2)14(25)20-13-6-5-11(24(26)27)8-12(13)16(17,18)19/h4-6,8-9H,1,7H2,2-3H3,(H,20,25)/t9-/m1/s1. The van der Waals surface area contributed by atoms with E-state index in [1.54, 1.807) is 17.6 Å². The summed E-state index contributed by atoms with van der Waals surface area (Å²) in [5.41, 5.74) is -2.57. The van der Waals surface area contributed by atoms with Gasteiger partial charge in [0.15, 0.2) is 5.16 Å². The quantitative estimate of drug-likeness (QED) is 0.319. The summed E-state index contributed by atoms with van der Waals surface area (Å²) in [5.74, 6) is -0.111. The highest BCUT2D eigenvalue weighted by Crippen LogP contribution is 2.37. The van der Waals surface area contributed by atoms with Gasteiger partial charge in [0.05, 0.1) is 21.4 Å². The first-order valence-corrected chi connectivity index (χ1v) is 8.76. The van der Waals surface area contributed by atoms with Gasteiger partial charge >= 0.3 is 6.18 Å². The number of rotatable bonds is 7. The summed E-state index contributed by atoms with van der Waals surface area (Å²) in [7, 11) is 0. The van der Waals surface area contributed by atoms with Crippen LogP contribution in [0.1, 0.15) is 18.3 Å². The minimum absolute atomic E-state index is 0.386. The predicted molar refractivity (Wildman–Crippen MR) is 97.0 cm³/mol. The SMILES string of the molecule is C=CCn1c(C)nnc1S[C@H](C)C(=O)Nc1ccc([N+](=O)[O-])cc1C(F)(F)F. The van der Waals surface area contributed by atoms with Crippen LogP contribution in [0.15, 0.2) is 36.0 Å². The zero-order valence-corrected chi connectivity index (χ0v) is 15.7. The van der Waals surface area contributed by atoms with Crippen LogP contribution in [0.2, 0.25) is 0 Å². The first kappa shape index (κ1) is 21.4. The Balaban J connectivity index is 2.22. The largest absolute Gasteiger partial charge is 0.418 e. The van der Waals surface area contributed by atoms with E-state index in [0.717, 1.165) is 23.9 Å². The lowest BCUT2D eigenvalue weighted by Crippen LogP contribution is -2.24. The summed E-state index contributed by atoms with van der Waals surface area (Å²) in [5, 5.41) is 20.4. The van der Waals surface area contributed by atoms with Gasteiger partial charge in [0.1, 0.15) is 5.82 Å². The number of hydrogen-bond donors (Lipinski definition) is 1. The number of anilines is 1. The number of halogens is 3. The van der Waals surface area contributed by atoms with Gasteiger partial charge in [-0.25, -0.2) is 0 Å². The molecule has 12 heteroatoms. The second-order valence-electron chi connectivity index (χ2n) is 5.66. The third-order valence-corrected chi connectivity index (χ3v) is 4.72. The van der Waals surface area contributed by atoms with Crippen LogP contribution >= 0.6 is 11.8 Å². The maximum atomic E-state index is 13.2. The molecule has 0 bridgehead atoms. The van der Waals surface area contributed by atoms with E-state index in [2.05, 4.69) is 22.1 Å². The second-order valence-corrected chi connectivity index (χ2v) is 6.97. The average Bonchev–Trinajstić information content (AvgIpc) is 2.94. The van der Waals surface area contributed by atoms with Crippen molar-refractivity contribution in [1.82, 2.24) is 14.8 Å². The van der Waals surface area contributed by atoms with E-state index in [4.69, 9.17) is 0 Å². The highest BCUT2D eigenvalue weighted by Gasteiger charge is 2.36. The summed E-state index contributed by atoms with van der Waals surface area (Å²) in [6, 6.07) is 2.14. The van der Waals surface area contributed by atoms with Gasteiger partial charge in [-0.2, -0.15) is 13.2 Å². The number of nitrogens with zero attached hydrogens (tertiary/aromatic N) is 4. The van der Waals surface area contributed by atoms with Gasteiger partial charge < -0.3 is 9.88 Å². The molecule has 150 valence electrons. The normalized spacial score (nSPS) is 12.5. The van der Waals surface area contributed by atoms with Crippen molar-refractivity contribution in [3.8, 4) is 0 Å². The van der Waals surface area contributed by atoms with Crippen LogP contribution in [-0.2, 0) is 17.5 Å². The molecule has 8 nitrogen and oxygen atoms in total. The molecule has 0 saturated heterocycles. The van der Waals surface area contributed by atoms with Crippen molar-refractivity contribution in [2.24, 2.45) is 0 Å². The van der Waals surface area contributed by atoms with Crippen LogP contribution in [0.25, 0.3) is 0 Å². The molecule has 0 radical (unpaired) electrons. The van der Waals surface area contributed by atoms with Gasteiger partial charge in [-0.3, -0.25) is 14.9 Å². The summed E-state index contributed by atoms with van der Waals surface area (Å²) in [6.45, 7) is 7.25. The molecule has 1 aromatic heterocycles. The number of non-ortho nitro benzene ring substituents is 1. The van der Waals surface area contributed by atoms with Gasteiger partial charge in [0.2, 0.25) is 5.91 Å². The number of amides is 1. The van der Waals surface area contributed by atoms with Crippen molar-refractivity contribution in [2.75, 3.05) is 5.32 Å². The summed E-state index contributed by atoms with van der Waals surface area (Å²) in [4.78, 5) is 22.2. The number of hydrogen-bond acceptors (Lipinski definition) is 6. The number of nitrogens with one attached hydrogen (secondary N) is 1. The smallest absolute Gasteiger partial charge is 0.325 e. The lowest BCUT2D eigenvalue weighted by atomic mass is 10.1. The molecule has 0 unspecified atom stereocenters. The third kappa shape index (κ3) is 4.88. The topological polar surface area (TPSA) is 103 Å². The molecule has 0 fully saturated rings. The van der Waals surface area contributed by atoms with Gasteiger partial charge in [-0.1, -0.05) is 17.8 Å². The van der Waals surface area contributed by atoms with E-state index in [1.807, 2.05) is 0 Å². The molecular formula is C16H16F3N5O3S. The van der Waals surface area contributed by atoms with Crippen LogP contribution in [0.4, 0.5) is 24.5 Å². The molecule has 2 aromatic rings. The highest BCUT2D eigenvalue weighted by atomic mass is 32.2. The van der Waals surface area contributed by atoms with Crippen molar-refractivity contribution in [3.05, 3.63) is 52.4 Å². The van der Waals surface area contributed by atoms with Crippen molar-refractivity contribution >= 4 is 29.0 Å². The summed E-state index contributed by atoms with van der Waals surface area (Å²) in [6.07, 6.45) is -3.25. The number of nitro benzene ring substituents is 1. The number of carbonyl (C=O) groups is 1. The van der Waals surface area contributed by atoms with Crippen LogP contribution in [-0.4, -0.2) is 30.8 Å². The fourth-order valence-corrected chi connectivity index (χ4v) is 3.13. The Morgan fingerprint density at radius 2 is 2.14 bits per heavy atom. The number of aromatic nitrogens is 3. The van der Waals surface area contributed by atoms with E-state index in [0.29, 0.717) is 23.6 Å². The number of thioether (sulfide) groups is 1. The van der Waals surface area contributed by atoms with Crippen molar-refractivity contribution in [1.29, 1.82) is 0 Å². The lowest BCUT2D eigenvalue weighted by Gasteiger charge is -2.16. The molecule has 1 heterocycles. The number of carbonyl (C=O) groups excluding carboxylic acids is 1. The van der Waals surface area contributed by atoms with Crippen LogP contribution in [0, 0.1) is 17.0 Å². The van der Waals surface area contributed by atoms with E-state index < -0.39 is 39.2 Å². The van der Waals surface area contributed by atoms with Gasteiger partial charge in [0, 0.05) is 18.7 Å². The molecule has 0 aliphatic carbocycles. The van der Waals surface area contributed by atoms with Gasteiger partial charge in [-0.15, -0.1) is 16.8 Å². The van der Waals surface area contributed by atoms with Crippen LogP contribution < -0.4 is 5.32 Å². The average molecular weight is 415 g/mol. The number of alkyl halides is 3. The number of aryl methyl sites for hydroxylation is 1. The molecule has 2 rings (SSSR count). The lowest BCUT2D eigenvalue weighted by molar-refractivity contribution is -0.385. The van der Waals surface area contributed by atoms with Crippen molar-refractivity contribution < 1.29 is 22.9 Å². The number of allylic oxidation sites excluding steroid dienone is 1. The molecule has 0 aliphatic heterocycles. The van der Waals surface area contributed by atoms with Crippen molar-refractivity contribution in [2.45, 2.75) is 37.0 Å². The van der Waals surface area contributed by atoms with E-state index in [-0.39, 0.29) is 0 Å². The fraction of sp³-hybridized carbons (Fsp3) is 0.312. The molecule has 1 N–H and O–H groups in total. The Bertz CT molecular complexity index is 913. The summed E-state index contributed by atoms with van der Waals surface area (Å²) >= 11 is 1.02. The molecule has 0 spiro atoms. The van der Waals surface area contributed by atoms with E-state index in [1.165, 1.54) is 6.92 Å². The maximum Gasteiger partial charge on any atom is 0.418 e. The van der Waals surface area contributed by atoms with Crippen LogP contribution in [0.5, 0.6) is 0 Å². The molecule has 1 atom stereocenters. The Labute approximate surface area is 162 Å². The molecule has 1 amide bonds. The second kappa shape index (κ2) is 8.42. The number of nitro groups is 1. The Hall–Kier alpha value is -2.89. The maximum absolute atomic E-state index is 13.2. The monoisotopic (exact) mass is 415 g/mol. The minimum Gasteiger partial charge on any atom is -0.325 e. The summed E-state index contributed by atoms with van der Waals surface area (Å²) < 4.78 is 41.4. The molecule has 0 aliphatic rings. The Morgan fingerprint density at radius 1 is 1.46 bits per heavy atom. The fourth-order valence-electron chi connectivity index (χ4n) is 2.22. The van der Waals surface area contributed by atoms with Crippen LogP contribution in [0.3, 0.4) is 0 Å². The van der Waals surface area contributed by atoms with Gasteiger partial charge in [0.25, 0.3) is 5.69 Å². The molecular weight excluding hydrogens is 399 g/mol. The highest BCUT2D eigenvalue weighted by molar-refractivity contribution is 8.00. The van der Waals surface area contributed by atoms with E-state index in [9.17, 15) is 28.1 Å². The molecule has 28 heavy (non-hydrogen) atoms.